The highest BCUT2D eigenvalue weighted by atomic mass is 79.9. The molecule has 0 atom stereocenters. The molecule has 0 aliphatic carbocycles. The molecule has 0 bridgehead atoms. The summed E-state index contributed by atoms with van der Waals surface area (Å²) in [5.74, 6) is -0.131. The van der Waals surface area contributed by atoms with Crippen LogP contribution in [0.1, 0.15) is 15.9 Å². The lowest BCUT2D eigenvalue weighted by molar-refractivity contribution is 0.0697. The summed E-state index contributed by atoms with van der Waals surface area (Å²) in [6, 6.07) is 8.98. The zero-order valence-corrected chi connectivity index (χ0v) is 11.7. The number of rotatable bonds is 4. The van der Waals surface area contributed by atoms with Crippen molar-refractivity contribution in [3.63, 3.8) is 0 Å². The summed E-state index contributed by atoms with van der Waals surface area (Å²) in [6.45, 7) is 0. The molecule has 0 amide bonds. The van der Waals surface area contributed by atoms with E-state index >= 15 is 0 Å². The van der Waals surface area contributed by atoms with E-state index in [2.05, 4.69) is 20.9 Å². The van der Waals surface area contributed by atoms with Crippen molar-refractivity contribution in [1.29, 1.82) is 0 Å². The number of carbonyl (C=O) groups is 1. The third-order valence-corrected chi connectivity index (χ3v) is 4.14. The summed E-state index contributed by atoms with van der Waals surface area (Å²) >= 11 is 5.08. The largest absolute Gasteiger partial charge is 0.478 e. The molecule has 1 aromatic heterocycles. The number of carboxylic acid groups (broad SMARTS) is 1. The van der Waals surface area contributed by atoms with Gasteiger partial charge in [-0.05, 0) is 29.8 Å². The smallest absolute Gasteiger partial charge is 0.335 e. The number of carboxylic acids is 1. The molecule has 0 saturated heterocycles. The van der Waals surface area contributed by atoms with Gasteiger partial charge in [0.25, 0.3) is 0 Å². The Kier molecular flexibility index (Phi) is 4.38. The van der Waals surface area contributed by atoms with Gasteiger partial charge >= 0.3 is 5.97 Å². The number of hydrogen-bond donors (Lipinski definition) is 1. The monoisotopic (exact) mass is 323 g/mol. The van der Waals surface area contributed by atoms with Crippen molar-refractivity contribution in [3.05, 3.63) is 58.3 Å². The highest BCUT2D eigenvalue weighted by Crippen LogP contribution is 2.27. The van der Waals surface area contributed by atoms with Crippen LogP contribution in [0.2, 0.25) is 0 Å². The lowest BCUT2D eigenvalue weighted by atomic mass is 10.1. The molecule has 0 saturated carbocycles. The zero-order chi connectivity index (χ0) is 13.0. The molecule has 0 aliphatic rings. The molecule has 1 heterocycles. The SMILES string of the molecule is O=C(O)c1ccc(CSc2ccncc2)c(Br)c1. The van der Waals surface area contributed by atoms with E-state index in [0.717, 1.165) is 20.7 Å². The van der Waals surface area contributed by atoms with Crippen molar-refractivity contribution in [3.8, 4) is 0 Å². The zero-order valence-electron chi connectivity index (χ0n) is 9.34. The van der Waals surface area contributed by atoms with Gasteiger partial charge < -0.3 is 5.11 Å². The summed E-state index contributed by atoms with van der Waals surface area (Å²) in [6.07, 6.45) is 3.51. The Labute approximate surface area is 117 Å². The van der Waals surface area contributed by atoms with Crippen molar-refractivity contribution in [1.82, 2.24) is 4.98 Å². The normalized spacial score (nSPS) is 10.3. The summed E-state index contributed by atoms with van der Waals surface area (Å²) in [5, 5.41) is 8.88. The number of pyridine rings is 1. The second-order valence-corrected chi connectivity index (χ2v) is 5.49. The Morgan fingerprint density at radius 2 is 2.00 bits per heavy atom. The maximum Gasteiger partial charge on any atom is 0.335 e. The van der Waals surface area contributed by atoms with Gasteiger partial charge in [-0.25, -0.2) is 4.79 Å². The summed E-state index contributed by atoms with van der Waals surface area (Å²) in [4.78, 5) is 15.9. The molecule has 3 nitrogen and oxygen atoms in total. The highest BCUT2D eigenvalue weighted by Gasteiger charge is 2.07. The average Bonchev–Trinajstić information content (AvgIpc) is 2.38. The molecule has 92 valence electrons. The van der Waals surface area contributed by atoms with Gasteiger partial charge in [0.05, 0.1) is 5.56 Å². The summed E-state index contributed by atoms with van der Waals surface area (Å²) in [7, 11) is 0. The van der Waals surface area contributed by atoms with E-state index in [1.54, 1.807) is 36.3 Å². The van der Waals surface area contributed by atoms with Crippen molar-refractivity contribution in [2.45, 2.75) is 10.6 Å². The molecule has 0 radical (unpaired) electrons. The van der Waals surface area contributed by atoms with Crippen LogP contribution in [0, 0.1) is 0 Å². The van der Waals surface area contributed by atoms with E-state index in [-0.39, 0.29) is 0 Å². The number of nitrogens with zero attached hydrogens (tertiary/aromatic N) is 1. The fraction of sp³-hybridized carbons (Fsp3) is 0.0769. The lowest BCUT2D eigenvalue weighted by Gasteiger charge is -2.05. The summed E-state index contributed by atoms with van der Waals surface area (Å²) in [5.41, 5.74) is 1.36. The van der Waals surface area contributed by atoms with Crippen LogP contribution in [-0.2, 0) is 5.75 Å². The lowest BCUT2D eigenvalue weighted by Crippen LogP contribution is -1.96. The minimum atomic E-state index is -0.913. The Morgan fingerprint density at radius 3 is 2.61 bits per heavy atom. The number of thioether (sulfide) groups is 1. The first-order valence-electron chi connectivity index (χ1n) is 5.21. The molecule has 1 aromatic carbocycles. The quantitative estimate of drug-likeness (QED) is 0.868. The van der Waals surface area contributed by atoms with E-state index in [1.807, 2.05) is 18.2 Å². The van der Waals surface area contributed by atoms with Crippen molar-refractivity contribution >= 4 is 33.7 Å². The van der Waals surface area contributed by atoms with E-state index < -0.39 is 5.97 Å². The maximum absolute atomic E-state index is 10.8. The topological polar surface area (TPSA) is 50.2 Å². The number of hydrogen-bond acceptors (Lipinski definition) is 3. The van der Waals surface area contributed by atoms with Gasteiger partial charge in [0.15, 0.2) is 0 Å². The van der Waals surface area contributed by atoms with E-state index in [9.17, 15) is 4.79 Å². The first kappa shape index (κ1) is 13.1. The Balaban J connectivity index is 2.08. The fourth-order valence-corrected chi connectivity index (χ4v) is 2.99. The van der Waals surface area contributed by atoms with Crippen LogP contribution in [-0.4, -0.2) is 16.1 Å². The molecular weight excluding hydrogens is 314 g/mol. The Morgan fingerprint density at radius 1 is 1.28 bits per heavy atom. The minimum Gasteiger partial charge on any atom is -0.478 e. The van der Waals surface area contributed by atoms with Crippen molar-refractivity contribution < 1.29 is 9.90 Å². The van der Waals surface area contributed by atoms with Gasteiger partial charge in [0.2, 0.25) is 0 Å². The minimum absolute atomic E-state index is 0.291. The van der Waals surface area contributed by atoms with Crippen LogP contribution in [0.3, 0.4) is 0 Å². The number of halogens is 1. The van der Waals surface area contributed by atoms with Crippen molar-refractivity contribution in [2.75, 3.05) is 0 Å². The van der Waals surface area contributed by atoms with Crippen LogP contribution in [0.15, 0.2) is 52.1 Å². The van der Waals surface area contributed by atoms with Crippen LogP contribution in [0.25, 0.3) is 0 Å². The van der Waals surface area contributed by atoms with Gasteiger partial charge in [-0.15, -0.1) is 11.8 Å². The van der Waals surface area contributed by atoms with Gasteiger partial charge in [-0.2, -0.15) is 0 Å². The third kappa shape index (κ3) is 3.34. The van der Waals surface area contributed by atoms with Crippen LogP contribution >= 0.6 is 27.7 Å². The van der Waals surface area contributed by atoms with E-state index in [1.165, 1.54) is 0 Å². The Bertz CT molecular complexity index is 560. The number of benzene rings is 1. The van der Waals surface area contributed by atoms with E-state index in [0.29, 0.717) is 5.56 Å². The van der Waals surface area contributed by atoms with E-state index in [4.69, 9.17) is 5.11 Å². The maximum atomic E-state index is 10.8. The molecule has 0 fully saturated rings. The molecular formula is C13H10BrNO2S. The average molecular weight is 324 g/mol. The predicted octanol–water partition coefficient (Wildman–Crippen LogP) is 3.83. The molecule has 0 aliphatic heterocycles. The highest BCUT2D eigenvalue weighted by molar-refractivity contribution is 9.10. The standard InChI is InChI=1S/C13H10BrNO2S/c14-12-7-9(13(16)17)1-2-10(12)8-18-11-3-5-15-6-4-11/h1-7H,8H2,(H,16,17). The van der Waals surface area contributed by atoms with Gasteiger partial charge in [-0.1, -0.05) is 22.0 Å². The first-order valence-corrected chi connectivity index (χ1v) is 6.99. The molecule has 0 unspecified atom stereocenters. The van der Waals surface area contributed by atoms with Gasteiger partial charge in [0, 0.05) is 27.5 Å². The molecule has 1 N–H and O–H groups in total. The summed E-state index contributed by atoms with van der Waals surface area (Å²) < 4.78 is 0.823. The predicted molar refractivity (Wildman–Crippen MR) is 74.9 cm³/mol. The van der Waals surface area contributed by atoms with Crippen molar-refractivity contribution in [2.24, 2.45) is 0 Å². The molecule has 5 heteroatoms. The molecule has 2 rings (SSSR count). The van der Waals surface area contributed by atoms with Crippen LogP contribution < -0.4 is 0 Å². The molecule has 0 spiro atoms. The second kappa shape index (κ2) is 6.02. The Hall–Kier alpha value is -1.33. The fourth-order valence-electron chi connectivity index (χ4n) is 1.39. The van der Waals surface area contributed by atoms with Gasteiger partial charge in [-0.3, -0.25) is 4.98 Å². The molecule has 2 aromatic rings. The third-order valence-electron chi connectivity index (χ3n) is 2.34. The van der Waals surface area contributed by atoms with Gasteiger partial charge in [0.1, 0.15) is 0 Å². The number of aromatic carboxylic acids is 1. The van der Waals surface area contributed by atoms with Crippen LogP contribution in [0.4, 0.5) is 0 Å². The molecule has 18 heavy (non-hydrogen) atoms. The first-order chi connectivity index (χ1) is 8.66. The second-order valence-electron chi connectivity index (χ2n) is 3.58. The van der Waals surface area contributed by atoms with Crippen LogP contribution in [0.5, 0.6) is 0 Å². The number of aromatic nitrogens is 1.